The van der Waals surface area contributed by atoms with Crippen molar-refractivity contribution in [1.82, 2.24) is 15.0 Å². The summed E-state index contributed by atoms with van der Waals surface area (Å²) < 4.78 is 0. The largest absolute Gasteiger partial charge is 0.340 e. The van der Waals surface area contributed by atoms with Crippen LogP contribution in [0, 0.1) is 6.92 Å². The van der Waals surface area contributed by atoms with Gasteiger partial charge in [-0.15, -0.1) is 0 Å². The molecule has 0 radical (unpaired) electrons. The summed E-state index contributed by atoms with van der Waals surface area (Å²) in [7, 11) is 0. The number of benzene rings is 2. The van der Waals surface area contributed by atoms with Gasteiger partial charge in [0, 0.05) is 28.7 Å². The van der Waals surface area contributed by atoms with Gasteiger partial charge in [-0.2, -0.15) is 0 Å². The van der Waals surface area contributed by atoms with Crippen LogP contribution in [0.3, 0.4) is 0 Å². The second-order valence-electron chi connectivity index (χ2n) is 8.98. The number of nitrogens with zero attached hydrogens (tertiary/aromatic N) is 3. The molecule has 36 heavy (non-hydrogen) atoms. The molecule has 1 saturated carbocycles. The standard InChI is InChI=1S/C28H27ClN6O/c1-19-31-25(18-26(32-19)35-24-6-2-5-17-30-24)33-22-11-13-23(14-12-22)34-27(36)28(15-3-4-16-28)20-7-9-21(29)10-8-20/h2,5-14,17-18H,3-4,15-16H2,1H3,(H,34,36)(H2,30,31,32,33,35). The Balaban J connectivity index is 1.28. The van der Waals surface area contributed by atoms with E-state index in [1.54, 1.807) is 6.20 Å². The second kappa shape index (κ2) is 10.3. The third-order valence-electron chi connectivity index (χ3n) is 6.46. The lowest BCUT2D eigenvalue weighted by atomic mass is 9.78. The number of halogens is 1. The van der Waals surface area contributed by atoms with Crippen molar-refractivity contribution in [2.45, 2.75) is 38.0 Å². The van der Waals surface area contributed by atoms with Crippen molar-refractivity contribution >= 4 is 46.3 Å². The minimum absolute atomic E-state index is 0.0275. The smallest absolute Gasteiger partial charge is 0.235 e. The van der Waals surface area contributed by atoms with E-state index in [4.69, 9.17) is 11.6 Å². The number of amides is 1. The lowest BCUT2D eigenvalue weighted by Crippen LogP contribution is -2.37. The van der Waals surface area contributed by atoms with E-state index < -0.39 is 5.41 Å². The SMILES string of the molecule is Cc1nc(Nc2ccc(NC(=O)C3(c4ccc(Cl)cc4)CCCC3)cc2)cc(Nc2ccccn2)n1. The molecular formula is C28H27ClN6O. The molecule has 0 unspecified atom stereocenters. The molecular weight excluding hydrogens is 472 g/mol. The summed E-state index contributed by atoms with van der Waals surface area (Å²) >= 11 is 6.08. The van der Waals surface area contributed by atoms with Gasteiger partial charge in [-0.05, 0) is 73.9 Å². The van der Waals surface area contributed by atoms with Crippen LogP contribution in [0.1, 0.15) is 37.1 Å². The Morgan fingerprint density at radius 2 is 1.50 bits per heavy atom. The summed E-state index contributed by atoms with van der Waals surface area (Å²) in [6.07, 6.45) is 5.47. The molecule has 0 aliphatic heterocycles. The summed E-state index contributed by atoms with van der Waals surface area (Å²) in [5.41, 5.74) is 2.11. The fraction of sp³-hybridized carbons (Fsp3) is 0.214. The van der Waals surface area contributed by atoms with E-state index in [1.165, 1.54) is 0 Å². The van der Waals surface area contributed by atoms with Crippen molar-refractivity contribution in [2.24, 2.45) is 0 Å². The first kappa shape index (κ1) is 23.8. The van der Waals surface area contributed by atoms with Gasteiger partial charge >= 0.3 is 0 Å². The second-order valence-corrected chi connectivity index (χ2v) is 9.41. The predicted molar refractivity (Wildman–Crippen MR) is 144 cm³/mol. The van der Waals surface area contributed by atoms with Crippen molar-refractivity contribution in [3.05, 3.63) is 95.4 Å². The molecule has 4 aromatic rings. The van der Waals surface area contributed by atoms with Crippen molar-refractivity contribution < 1.29 is 4.79 Å². The summed E-state index contributed by atoms with van der Waals surface area (Å²) in [6, 6.07) is 22.8. The highest BCUT2D eigenvalue weighted by Gasteiger charge is 2.42. The average Bonchev–Trinajstić information content (AvgIpc) is 3.37. The Labute approximate surface area is 215 Å². The van der Waals surface area contributed by atoms with Gasteiger partial charge in [0.05, 0.1) is 5.41 Å². The summed E-state index contributed by atoms with van der Waals surface area (Å²) in [6.45, 7) is 1.84. The quantitative estimate of drug-likeness (QED) is 0.260. The molecule has 5 rings (SSSR count). The maximum Gasteiger partial charge on any atom is 0.235 e. The number of pyridine rings is 1. The first-order valence-corrected chi connectivity index (χ1v) is 12.4. The highest BCUT2D eigenvalue weighted by molar-refractivity contribution is 6.30. The summed E-state index contributed by atoms with van der Waals surface area (Å²) in [5, 5.41) is 10.3. The van der Waals surface area contributed by atoms with Crippen LogP contribution in [0.25, 0.3) is 0 Å². The van der Waals surface area contributed by atoms with Crippen LogP contribution < -0.4 is 16.0 Å². The van der Waals surface area contributed by atoms with Gasteiger partial charge < -0.3 is 16.0 Å². The van der Waals surface area contributed by atoms with E-state index in [0.717, 1.165) is 42.6 Å². The summed E-state index contributed by atoms with van der Waals surface area (Å²) in [5.74, 6) is 2.67. The van der Waals surface area contributed by atoms with Crippen LogP contribution in [0.5, 0.6) is 0 Å². The Hall–Kier alpha value is -3.97. The maximum atomic E-state index is 13.4. The van der Waals surface area contributed by atoms with Crippen molar-refractivity contribution in [1.29, 1.82) is 0 Å². The molecule has 0 atom stereocenters. The Bertz CT molecular complexity index is 1340. The number of hydrogen-bond acceptors (Lipinski definition) is 6. The van der Waals surface area contributed by atoms with E-state index in [2.05, 4.69) is 30.9 Å². The monoisotopic (exact) mass is 498 g/mol. The first-order valence-electron chi connectivity index (χ1n) is 12.0. The topological polar surface area (TPSA) is 91.8 Å². The minimum atomic E-state index is -0.517. The van der Waals surface area contributed by atoms with Gasteiger partial charge in [0.2, 0.25) is 5.91 Å². The molecule has 3 N–H and O–H groups in total. The normalized spacial score (nSPS) is 14.3. The molecule has 8 heteroatoms. The van der Waals surface area contributed by atoms with Crippen LogP contribution in [0.15, 0.2) is 79.0 Å². The average molecular weight is 499 g/mol. The first-order chi connectivity index (χ1) is 17.5. The molecule has 1 aliphatic rings. The zero-order valence-corrected chi connectivity index (χ0v) is 20.7. The Morgan fingerprint density at radius 3 is 2.17 bits per heavy atom. The van der Waals surface area contributed by atoms with Crippen LogP contribution in [-0.2, 0) is 10.2 Å². The minimum Gasteiger partial charge on any atom is -0.340 e. The van der Waals surface area contributed by atoms with Gasteiger partial charge in [-0.1, -0.05) is 42.6 Å². The lowest BCUT2D eigenvalue weighted by molar-refractivity contribution is -0.121. The fourth-order valence-corrected chi connectivity index (χ4v) is 4.82. The van der Waals surface area contributed by atoms with Gasteiger partial charge in [-0.3, -0.25) is 4.79 Å². The third kappa shape index (κ3) is 5.31. The van der Waals surface area contributed by atoms with E-state index >= 15 is 0 Å². The Kier molecular flexibility index (Phi) is 6.82. The number of nitrogens with one attached hydrogen (secondary N) is 3. The number of carbonyl (C=O) groups excluding carboxylic acids is 1. The third-order valence-corrected chi connectivity index (χ3v) is 6.71. The number of hydrogen-bond donors (Lipinski definition) is 3. The van der Waals surface area contributed by atoms with Crippen molar-refractivity contribution in [3.8, 4) is 0 Å². The lowest BCUT2D eigenvalue weighted by Gasteiger charge is -2.28. The van der Waals surface area contributed by atoms with Gasteiger partial charge in [0.1, 0.15) is 23.3 Å². The molecule has 0 spiro atoms. The van der Waals surface area contributed by atoms with Crippen molar-refractivity contribution in [2.75, 3.05) is 16.0 Å². The number of aryl methyl sites for hydroxylation is 1. The van der Waals surface area contributed by atoms with E-state index in [0.29, 0.717) is 28.3 Å². The number of rotatable bonds is 7. The van der Waals surface area contributed by atoms with E-state index in [9.17, 15) is 4.79 Å². The maximum absolute atomic E-state index is 13.4. The zero-order valence-electron chi connectivity index (χ0n) is 20.0. The highest BCUT2D eigenvalue weighted by atomic mass is 35.5. The molecule has 1 amide bonds. The summed E-state index contributed by atoms with van der Waals surface area (Å²) in [4.78, 5) is 26.6. The molecule has 0 bridgehead atoms. The molecule has 0 saturated heterocycles. The van der Waals surface area contributed by atoms with Gasteiger partial charge in [-0.25, -0.2) is 15.0 Å². The molecule has 7 nitrogen and oxygen atoms in total. The van der Waals surface area contributed by atoms with Crippen LogP contribution in [0.4, 0.5) is 28.8 Å². The van der Waals surface area contributed by atoms with E-state index in [1.807, 2.05) is 79.7 Å². The van der Waals surface area contributed by atoms with Crippen LogP contribution >= 0.6 is 11.6 Å². The van der Waals surface area contributed by atoms with E-state index in [-0.39, 0.29) is 5.91 Å². The van der Waals surface area contributed by atoms with Gasteiger partial charge in [0.25, 0.3) is 0 Å². The van der Waals surface area contributed by atoms with Crippen LogP contribution in [0.2, 0.25) is 5.02 Å². The molecule has 182 valence electrons. The molecule has 1 fully saturated rings. The van der Waals surface area contributed by atoms with Crippen molar-refractivity contribution in [3.63, 3.8) is 0 Å². The molecule has 2 heterocycles. The predicted octanol–water partition coefficient (Wildman–Crippen LogP) is 6.77. The van der Waals surface area contributed by atoms with Crippen LogP contribution in [-0.4, -0.2) is 20.9 Å². The Morgan fingerprint density at radius 1 is 0.833 bits per heavy atom. The number of anilines is 5. The molecule has 1 aliphatic carbocycles. The molecule has 2 aromatic carbocycles. The highest BCUT2D eigenvalue weighted by Crippen LogP contribution is 2.42. The zero-order chi connectivity index (χ0) is 25.0. The number of carbonyl (C=O) groups is 1. The fourth-order valence-electron chi connectivity index (χ4n) is 4.69. The molecule has 2 aromatic heterocycles. The number of aromatic nitrogens is 3. The van der Waals surface area contributed by atoms with Gasteiger partial charge in [0.15, 0.2) is 0 Å².